The van der Waals surface area contributed by atoms with E-state index in [2.05, 4.69) is 124 Å². The third-order valence-corrected chi connectivity index (χ3v) is 10.2. The third kappa shape index (κ3) is 50.3. The molecule has 368 valence electrons. The second-order valence-electron chi connectivity index (χ2n) is 16.5. The molecule has 0 aliphatic heterocycles. The highest BCUT2D eigenvalue weighted by molar-refractivity contribution is 5.71. The molecule has 66 heavy (non-hydrogen) atoms. The molecule has 0 aromatic carbocycles. The van der Waals surface area contributed by atoms with Gasteiger partial charge in [-0.1, -0.05) is 224 Å². The average molecular weight is 909 g/mol. The molecule has 0 heterocycles. The summed E-state index contributed by atoms with van der Waals surface area (Å²) in [6.07, 6.45) is 75.4. The lowest BCUT2D eigenvalue weighted by atomic mass is 10.1. The molecule has 0 radical (unpaired) electrons. The Labute approximate surface area is 404 Å². The molecule has 0 aliphatic carbocycles. The van der Waals surface area contributed by atoms with Crippen LogP contribution in [0.25, 0.3) is 0 Å². The van der Waals surface area contributed by atoms with Crippen LogP contribution in [0.15, 0.2) is 146 Å². The van der Waals surface area contributed by atoms with Crippen LogP contribution in [0.1, 0.15) is 194 Å². The Morgan fingerprint density at radius 3 is 1.17 bits per heavy atom. The van der Waals surface area contributed by atoms with Crippen molar-refractivity contribution in [2.24, 2.45) is 0 Å². The highest BCUT2D eigenvalue weighted by Crippen LogP contribution is 2.12. The Morgan fingerprint density at radius 2 is 0.697 bits per heavy atom. The summed E-state index contributed by atoms with van der Waals surface area (Å²) in [5.74, 6) is -1.04. The number of hydrogen-bond donors (Lipinski definition) is 0. The highest BCUT2D eigenvalue weighted by Gasteiger charge is 2.19. The fraction of sp³-hybridized carbons (Fsp3) is 0.550. The predicted molar refractivity (Wildman–Crippen MR) is 283 cm³/mol. The van der Waals surface area contributed by atoms with Crippen molar-refractivity contribution in [1.82, 2.24) is 0 Å². The molecule has 6 heteroatoms. The number of carbonyl (C=O) groups excluding carboxylic acids is 3. The van der Waals surface area contributed by atoms with Gasteiger partial charge in [0.15, 0.2) is 6.10 Å². The van der Waals surface area contributed by atoms with E-state index in [-0.39, 0.29) is 37.5 Å². The Bertz CT molecular complexity index is 1510. The van der Waals surface area contributed by atoms with Crippen molar-refractivity contribution in [2.45, 2.75) is 200 Å². The maximum atomic E-state index is 12.8. The standard InChI is InChI=1S/C60H92O6/c1-4-7-10-13-16-19-22-25-27-29-31-32-35-38-41-44-47-50-53-59(62)65-56-57(55-64-58(61)52-49-46-43-40-37-34-24-21-18-15-12-9-6-3)66-60(63)54-51-48-45-42-39-36-33-30-28-26-23-20-17-14-11-8-5-2/h9-10,12-13,15-22,24-29,31-33,36,42,45,57H,4-8,11,14,23,30,34-35,37-41,43-44,46-56H2,1-3H3/b12-9-,13-10-,18-15-,19-16-,20-17-,24-21-,25-22-,28-26-,29-27-,32-31-,36-33-,45-42-. The van der Waals surface area contributed by atoms with E-state index >= 15 is 0 Å². The number of carbonyl (C=O) groups is 3. The quantitative estimate of drug-likeness (QED) is 0.0199. The summed E-state index contributed by atoms with van der Waals surface area (Å²) >= 11 is 0. The van der Waals surface area contributed by atoms with Gasteiger partial charge in [-0.05, 0) is 96.3 Å². The van der Waals surface area contributed by atoms with E-state index in [1.54, 1.807) is 0 Å². The number of esters is 3. The Balaban J connectivity index is 4.59. The summed E-state index contributed by atoms with van der Waals surface area (Å²) in [5, 5.41) is 0. The predicted octanol–water partition coefficient (Wildman–Crippen LogP) is 17.3. The SMILES string of the molecule is CC\C=C/C=C\C=C/CCCCCCCC(=O)OCC(COC(=O)CCCCCCC\C=C/C=C\C=C/C=C\C=C/CCC)OC(=O)CCC/C=C\C/C=C\C/C=C\C/C=C\CCCCC. The molecule has 0 rings (SSSR count). The summed E-state index contributed by atoms with van der Waals surface area (Å²) in [6.45, 7) is 6.27. The second kappa shape index (κ2) is 52.9. The van der Waals surface area contributed by atoms with E-state index in [4.69, 9.17) is 14.2 Å². The lowest BCUT2D eigenvalue weighted by Crippen LogP contribution is -2.30. The molecular formula is C60H92O6. The zero-order valence-electron chi connectivity index (χ0n) is 41.9. The minimum absolute atomic E-state index is 0.126. The van der Waals surface area contributed by atoms with E-state index < -0.39 is 6.10 Å². The van der Waals surface area contributed by atoms with Crippen LogP contribution in [-0.2, 0) is 28.6 Å². The van der Waals surface area contributed by atoms with Gasteiger partial charge in [-0.15, -0.1) is 0 Å². The van der Waals surface area contributed by atoms with E-state index in [9.17, 15) is 14.4 Å². The van der Waals surface area contributed by atoms with Crippen molar-refractivity contribution in [3.63, 3.8) is 0 Å². The topological polar surface area (TPSA) is 78.9 Å². The van der Waals surface area contributed by atoms with Gasteiger partial charge in [-0.3, -0.25) is 14.4 Å². The van der Waals surface area contributed by atoms with Gasteiger partial charge in [-0.2, -0.15) is 0 Å². The van der Waals surface area contributed by atoms with Crippen molar-refractivity contribution in [2.75, 3.05) is 13.2 Å². The number of hydrogen-bond acceptors (Lipinski definition) is 6. The fourth-order valence-electron chi connectivity index (χ4n) is 6.34. The van der Waals surface area contributed by atoms with Crippen LogP contribution in [0.3, 0.4) is 0 Å². The second-order valence-corrected chi connectivity index (χ2v) is 16.5. The maximum Gasteiger partial charge on any atom is 0.306 e. The van der Waals surface area contributed by atoms with Crippen LogP contribution in [0.2, 0.25) is 0 Å². The summed E-state index contributed by atoms with van der Waals surface area (Å²) in [7, 11) is 0. The van der Waals surface area contributed by atoms with Gasteiger partial charge >= 0.3 is 17.9 Å². The lowest BCUT2D eigenvalue weighted by Gasteiger charge is -2.18. The fourth-order valence-corrected chi connectivity index (χ4v) is 6.34. The first kappa shape index (κ1) is 61.3. The maximum absolute atomic E-state index is 12.8. The van der Waals surface area contributed by atoms with E-state index in [1.165, 1.54) is 32.1 Å². The Kier molecular flexibility index (Phi) is 49.1. The largest absolute Gasteiger partial charge is 0.462 e. The van der Waals surface area contributed by atoms with Gasteiger partial charge in [0, 0.05) is 19.3 Å². The first-order valence-electron chi connectivity index (χ1n) is 25.9. The molecule has 1 atom stereocenters. The first-order valence-corrected chi connectivity index (χ1v) is 25.9. The van der Waals surface area contributed by atoms with Crippen molar-refractivity contribution >= 4 is 17.9 Å². The first-order chi connectivity index (χ1) is 32.5. The molecule has 0 spiro atoms. The molecule has 0 saturated heterocycles. The molecule has 0 amide bonds. The number of rotatable bonds is 44. The highest BCUT2D eigenvalue weighted by atomic mass is 16.6. The van der Waals surface area contributed by atoms with Crippen molar-refractivity contribution in [1.29, 1.82) is 0 Å². The summed E-state index contributed by atoms with van der Waals surface area (Å²) in [4.78, 5) is 38.0. The van der Waals surface area contributed by atoms with Gasteiger partial charge in [0.25, 0.3) is 0 Å². The number of ether oxygens (including phenoxy) is 3. The summed E-state index contributed by atoms with van der Waals surface area (Å²) in [5.41, 5.74) is 0. The van der Waals surface area contributed by atoms with Crippen LogP contribution in [0, 0.1) is 0 Å². The van der Waals surface area contributed by atoms with E-state index in [0.717, 1.165) is 116 Å². The molecule has 0 bridgehead atoms. The van der Waals surface area contributed by atoms with Crippen LogP contribution < -0.4 is 0 Å². The minimum atomic E-state index is -0.832. The molecule has 0 saturated carbocycles. The van der Waals surface area contributed by atoms with E-state index in [1.807, 2.05) is 42.5 Å². The van der Waals surface area contributed by atoms with Crippen LogP contribution in [0.5, 0.6) is 0 Å². The minimum Gasteiger partial charge on any atom is -0.462 e. The third-order valence-electron chi connectivity index (χ3n) is 10.2. The average Bonchev–Trinajstić information content (AvgIpc) is 3.31. The van der Waals surface area contributed by atoms with Crippen molar-refractivity contribution in [3.8, 4) is 0 Å². The van der Waals surface area contributed by atoms with Gasteiger partial charge in [0.2, 0.25) is 0 Å². The van der Waals surface area contributed by atoms with Crippen molar-refractivity contribution < 1.29 is 28.6 Å². The monoisotopic (exact) mass is 909 g/mol. The molecular weight excluding hydrogens is 817 g/mol. The number of unbranched alkanes of at least 4 members (excludes halogenated alkanes) is 15. The molecule has 0 aliphatic rings. The molecule has 6 nitrogen and oxygen atoms in total. The van der Waals surface area contributed by atoms with E-state index in [0.29, 0.717) is 19.3 Å². The smallest absolute Gasteiger partial charge is 0.306 e. The molecule has 0 fully saturated rings. The Hall–Kier alpha value is -4.71. The van der Waals surface area contributed by atoms with Gasteiger partial charge in [-0.25, -0.2) is 0 Å². The Morgan fingerprint density at radius 1 is 0.333 bits per heavy atom. The van der Waals surface area contributed by atoms with Crippen LogP contribution in [-0.4, -0.2) is 37.2 Å². The van der Waals surface area contributed by atoms with Crippen LogP contribution >= 0.6 is 0 Å². The molecule has 0 N–H and O–H groups in total. The zero-order valence-corrected chi connectivity index (χ0v) is 41.9. The molecule has 0 aromatic rings. The zero-order chi connectivity index (χ0) is 47.9. The van der Waals surface area contributed by atoms with Gasteiger partial charge in [0.1, 0.15) is 13.2 Å². The molecule has 1 unspecified atom stereocenters. The molecule has 0 aromatic heterocycles. The van der Waals surface area contributed by atoms with Crippen LogP contribution in [0.4, 0.5) is 0 Å². The lowest BCUT2D eigenvalue weighted by molar-refractivity contribution is -0.167. The summed E-state index contributed by atoms with van der Waals surface area (Å²) < 4.78 is 16.7. The van der Waals surface area contributed by atoms with Gasteiger partial charge in [0.05, 0.1) is 0 Å². The summed E-state index contributed by atoms with van der Waals surface area (Å²) in [6, 6.07) is 0. The van der Waals surface area contributed by atoms with Gasteiger partial charge < -0.3 is 14.2 Å². The number of allylic oxidation sites excluding steroid dienone is 24. The van der Waals surface area contributed by atoms with Crippen molar-refractivity contribution in [3.05, 3.63) is 146 Å². The normalized spacial score (nSPS) is 13.3.